The first-order valence-electron chi connectivity index (χ1n) is 5.87. The maximum Gasteiger partial charge on any atom is 0.320 e. The minimum atomic E-state index is -0.892. The van der Waals surface area contributed by atoms with Crippen molar-refractivity contribution >= 4 is 5.97 Å². The molecular weight excluding hydrogens is 190 g/mol. The van der Waals surface area contributed by atoms with E-state index >= 15 is 0 Å². The number of rotatable bonds is 8. The first kappa shape index (κ1) is 14.4. The van der Waals surface area contributed by atoms with E-state index in [4.69, 9.17) is 10.8 Å². The summed E-state index contributed by atoms with van der Waals surface area (Å²) in [4.78, 5) is 10.6. The van der Waals surface area contributed by atoms with Crippen LogP contribution in [0.4, 0.5) is 0 Å². The quantitative estimate of drug-likeness (QED) is 0.612. The Hall–Kier alpha value is -0.570. The highest BCUT2D eigenvalue weighted by Crippen LogP contribution is 2.28. The molecule has 0 aromatic heterocycles. The molecule has 3 nitrogen and oxygen atoms in total. The second-order valence-electron chi connectivity index (χ2n) is 5.12. The lowest BCUT2D eigenvalue weighted by Gasteiger charge is -2.26. The van der Waals surface area contributed by atoms with Crippen LogP contribution in [0.1, 0.15) is 59.3 Å². The Morgan fingerprint density at radius 2 is 1.93 bits per heavy atom. The molecule has 0 amide bonds. The molecule has 0 fully saturated rings. The SMILES string of the molecule is CCCCCCC(C)(C)CC(N)C(=O)O. The second-order valence-corrected chi connectivity index (χ2v) is 5.12. The first-order chi connectivity index (χ1) is 6.89. The van der Waals surface area contributed by atoms with E-state index in [-0.39, 0.29) is 5.41 Å². The number of nitrogens with two attached hydrogens (primary N) is 1. The van der Waals surface area contributed by atoms with Crippen LogP contribution in [0, 0.1) is 5.41 Å². The summed E-state index contributed by atoms with van der Waals surface area (Å²) in [5.41, 5.74) is 5.58. The van der Waals surface area contributed by atoms with E-state index in [9.17, 15) is 4.79 Å². The van der Waals surface area contributed by atoms with Crippen LogP contribution in [-0.2, 0) is 4.79 Å². The number of carboxylic acid groups (broad SMARTS) is 1. The van der Waals surface area contributed by atoms with E-state index in [0.717, 1.165) is 6.42 Å². The van der Waals surface area contributed by atoms with Crippen molar-refractivity contribution in [3.8, 4) is 0 Å². The highest BCUT2D eigenvalue weighted by Gasteiger charge is 2.24. The van der Waals surface area contributed by atoms with E-state index in [1.54, 1.807) is 0 Å². The molecule has 90 valence electrons. The summed E-state index contributed by atoms with van der Waals surface area (Å²) in [6.07, 6.45) is 6.54. The monoisotopic (exact) mass is 215 g/mol. The van der Waals surface area contributed by atoms with Crippen molar-refractivity contribution in [2.75, 3.05) is 0 Å². The standard InChI is InChI=1S/C12H25NO2/c1-4-5-6-7-8-12(2,3)9-10(13)11(14)15/h10H,4-9,13H2,1-3H3,(H,14,15). The summed E-state index contributed by atoms with van der Waals surface area (Å²) in [5, 5.41) is 8.73. The van der Waals surface area contributed by atoms with E-state index < -0.39 is 12.0 Å². The second kappa shape index (κ2) is 6.83. The van der Waals surface area contributed by atoms with Crippen molar-refractivity contribution in [3.63, 3.8) is 0 Å². The van der Waals surface area contributed by atoms with Crippen molar-refractivity contribution < 1.29 is 9.90 Å². The Bertz CT molecular complexity index is 190. The molecule has 0 heterocycles. The van der Waals surface area contributed by atoms with Crippen LogP contribution in [0.2, 0.25) is 0 Å². The van der Waals surface area contributed by atoms with Gasteiger partial charge in [0.15, 0.2) is 0 Å². The maximum absolute atomic E-state index is 10.6. The molecule has 3 heteroatoms. The van der Waals surface area contributed by atoms with Crippen LogP contribution in [0.5, 0.6) is 0 Å². The third-order valence-corrected chi connectivity index (χ3v) is 2.80. The van der Waals surface area contributed by atoms with Gasteiger partial charge in [-0.05, 0) is 18.3 Å². The minimum Gasteiger partial charge on any atom is -0.480 e. The normalized spacial score (nSPS) is 13.9. The third-order valence-electron chi connectivity index (χ3n) is 2.80. The molecule has 0 aromatic carbocycles. The maximum atomic E-state index is 10.6. The molecule has 0 radical (unpaired) electrons. The van der Waals surface area contributed by atoms with Crippen molar-refractivity contribution in [2.24, 2.45) is 11.1 Å². The topological polar surface area (TPSA) is 63.3 Å². The molecule has 0 spiro atoms. The van der Waals surface area contributed by atoms with Gasteiger partial charge in [-0.3, -0.25) is 4.79 Å². The molecule has 15 heavy (non-hydrogen) atoms. The van der Waals surface area contributed by atoms with Gasteiger partial charge in [-0.1, -0.05) is 46.5 Å². The molecular formula is C12H25NO2. The fraction of sp³-hybridized carbons (Fsp3) is 0.917. The number of hydrogen-bond donors (Lipinski definition) is 2. The van der Waals surface area contributed by atoms with Gasteiger partial charge in [-0.2, -0.15) is 0 Å². The lowest BCUT2D eigenvalue weighted by Crippen LogP contribution is -2.35. The van der Waals surface area contributed by atoms with Crippen molar-refractivity contribution in [1.29, 1.82) is 0 Å². The molecule has 0 bridgehead atoms. The molecule has 0 saturated heterocycles. The van der Waals surface area contributed by atoms with Gasteiger partial charge in [0.05, 0.1) is 0 Å². The Balaban J connectivity index is 3.80. The predicted octanol–water partition coefficient (Wildman–Crippen LogP) is 2.79. The summed E-state index contributed by atoms with van der Waals surface area (Å²) >= 11 is 0. The van der Waals surface area contributed by atoms with Crippen LogP contribution < -0.4 is 5.73 Å². The number of carbonyl (C=O) groups is 1. The lowest BCUT2D eigenvalue weighted by molar-refractivity contribution is -0.139. The van der Waals surface area contributed by atoms with Crippen LogP contribution in [-0.4, -0.2) is 17.1 Å². The smallest absolute Gasteiger partial charge is 0.320 e. The Kier molecular flexibility index (Phi) is 6.57. The van der Waals surface area contributed by atoms with Gasteiger partial charge in [0.25, 0.3) is 0 Å². The number of aliphatic carboxylic acids is 1. The third kappa shape index (κ3) is 7.37. The van der Waals surface area contributed by atoms with Crippen molar-refractivity contribution in [1.82, 2.24) is 0 Å². The van der Waals surface area contributed by atoms with E-state index in [2.05, 4.69) is 20.8 Å². The van der Waals surface area contributed by atoms with Crippen molar-refractivity contribution in [3.05, 3.63) is 0 Å². The summed E-state index contributed by atoms with van der Waals surface area (Å²) < 4.78 is 0. The fourth-order valence-corrected chi connectivity index (χ4v) is 1.82. The molecule has 1 atom stereocenters. The summed E-state index contributed by atoms with van der Waals surface area (Å²) in [7, 11) is 0. The van der Waals surface area contributed by atoms with Gasteiger partial charge in [0, 0.05) is 0 Å². The Morgan fingerprint density at radius 1 is 1.33 bits per heavy atom. The predicted molar refractivity (Wildman–Crippen MR) is 62.8 cm³/mol. The summed E-state index contributed by atoms with van der Waals surface area (Å²) in [5.74, 6) is -0.892. The van der Waals surface area contributed by atoms with Crippen molar-refractivity contribution in [2.45, 2.75) is 65.3 Å². The zero-order valence-corrected chi connectivity index (χ0v) is 10.3. The molecule has 0 aliphatic heterocycles. The first-order valence-corrected chi connectivity index (χ1v) is 5.87. The van der Waals surface area contributed by atoms with Crippen LogP contribution in [0.3, 0.4) is 0 Å². The van der Waals surface area contributed by atoms with Gasteiger partial charge in [0.2, 0.25) is 0 Å². The molecule has 0 rings (SSSR count). The zero-order chi connectivity index (χ0) is 11.9. The van der Waals surface area contributed by atoms with Gasteiger partial charge >= 0.3 is 5.97 Å². The van der Waals surface area contributed by atoms with Crippen LogP contribution in [0.25, 0.3) is 0 Å². The highest BCUT2D eigenvalue weighted by atomic mass is 16.4. The van der Waals surface area contributed by atoms with E-state index in [0.29, 0.717) is 6.42 Å². The average molecular weight is 215 g/mol. The molecule has 1 unspecified atom stereocenters. The lowest BCUT2D eigenvalue weighted by atomic mass is 9.81. The molecule has 0 aliphatic carbocycles. The molecule has 0 saturated carbocycles. The minimum absolute atomic E-state index is 0.0472. The van der Waals surface area contributed by atoms with Gasteiger partial charge in [-0.15, -0.1) is 0 Å². The zero-order valence-electron chi connectivity index (χ0n) is 10.3. The largest absolute Gasteiger partial charge is 0.480 e. The molecule has 3 N–H and O–H groups in total. The fourth-order valence-electron chi connectivity index (χ4n) is 1.82. The highest BCUT2D eigenvalue weighted by molar-refractivity contribution is 5.73. The van der Waals surface area contributed by atoms with E-state index in [1.807, 2.05) is 0 Å². The van der Waals surface area contributed by atoms with E-state index in [1.165, 1.54) is 25.7 Å². The number of hydrogen-bond acceptors (Lipinski definition) is 2. The van der Waals surface area contributed by atoms with Gasteiger partial charge < -0.3 is 10.8 Å². The Labute approximate surface area is 93.0 Å². The average Bonchev–Trinajstić information content (AvgIpc) is 2.11. The van der Waals surface area contributed by atoms with Crippen LogP contribution in [0.15, 0.2) is 0 Å². The summed E-state index contributed by atoms with van der Waals surface area (Å²) in [6, 6.07) is -0.717. The number of carboxylic acids is 1. The van der Waals surface area contributed by atoms with Crippen LogP contribution >= 0.6 is 0 Å². The van der Waals surface area contributed by atoms with Gasteiger partial charge in [-0.25, -0.2) is 0 Å². The van der Waals surface area contributed by atoms with Gasteiger partial charge in [0.1, 0.15) is 6.04 Å². The molecule has 0 aromatic rings. The Morgan fingerprint density at radius 3 is 2.40 bits per heavy atom. The molecule has 0 aliphatic rings. The number of unbranched alkanes of at least 4 members (excludes halogenated alkanes) is 3. The summed E-state index contributed by atoms with van der Waals surface area (Å²) in [6.45, 7) is 6.38.